The first-order chi connectivity index (χ1) is 11.6. The van der Waals surface area contributed by atoms with Gasteiger partial charge in [0, 0.05) is 46.0 Å². The fourth-order valence-electron chi connectivity index (χ4n) is 3.44. The van der Waals surface area contributed by atoms with Crippen LogP contribution in [0.5, 0.6) is 0 Å². The Hall–Kier alpha value is -2.64. The lowest BCUT2D eigenvalue weighted by Gasteiger charge is -2.32. The van der Waals surface area contributed by atoms with Crippen LogP contribution in [0.25, 0.3) is 11.0 Å². The van der Waals surface area contributed by atoms with Crippen molar-refractivity contribution in [3.8, 4) is 0 Å². The minimum absolute atomic E-state index is 0.495. The van der Waals surface area contributed by atoms with Crippen LogP contribution in [-0.2, 0) is 20.5 Å². The zero-order valence-corrected chi connectivity index (χ0v) is 14.1. The molecule has 1 aliphatic heterocycles. The molecule has 0 spiro atoms. The molecule has 1 fully saturated rings. The SMILES string of the molecule is Cn1ccnc1CC1CCCN(c2nc(N)c3cnn(C)c3n2)C1. The van der Waals surface area contributed by atoms with E-state index in [0.717, 1.165) is 42.8 Å². The van der Waals surface area contributed by atoms with Gasteiger partial charge >= 0.3 is 0 Å². The predicted molar refractivity (Wildman–Crippen MR) is 92.6 cm³/mol. The molecule has 0 radical (unpaired) electrons. The predicted octanol–water partition coefficient (Wildman–Crippen LogP) is 1.14. The van der Waals surface area contributed by atoms with Crippen LogP contribution in [0.15, 0.2) is 18.6 Å². The average Bonchev–Trinajstić information content (AvgIpc) is 3.15. The normalized spacial score (nSPS) is 18.4. The summed E-state index contributed by atoms with van der Waals surface area (Å²) in [6.07, 6.45) is 8.87. The molecular formula is C16H22N8. The molecular weight excluding hydrogens is 304 g/mol. The summed E-state index contributed by atoms with van der Waals surface area (Å²) in [4.78, 5) is 15.9. The van der Waals surface area contributed by atoms with Gasteiger partial charge in [-0.15, -0.1) is 0 Å². The van der Waals surface area contributed by atoms with Gasteiger partial charge in [0.2, 0.25) is 5.95 Å². The number of fused-ring (bicyclic) bond motifs is 1. The third-order valence-corrected chi connectivity index (χ3v) is 4.80. The van der Waals surface area contributed by atoms with Gasteiger partial charge in [-0.3, -0.25) is 4.68 Å². The smallest absolute Gasteiger partial charge is 0.229 e. The third-order valence-electron chi connectivity index (χ3n) is 4.80. The van der Waals surface area contributed by atoms with Crippen molar-refractivity contribution in [3.63, 3.8) is 0 Å². The minimum atomic E-state index is 0.495. The molecule has 1 aliphatic rings. The Morgan fingerprint density at radius 2 is 2.17 bits per heavy atom. The number of aromatic nitrogens is 6. The van der Waals surface area contributed by atoms with E-state index in [1.54, 1.807) is 10.9 Å². The van der Waals surface area contributed by atoms with Crippen LogP contribution in [0, 0.1) is 5.92 Å². The molecule has 4 heterocycles. The Kier molecular flexibility index (Phi) is 3.59. The fraction of sp³-hybridized carbons (Fsp3) is 0.500. The Morgan fingerprint density at radius 3 is 2.96 bits per heavy atom. The van der Waals surface area contributed by atoms with Crippen molar-refractivity contribution < 1.29 is 0 Å². The molecule has 0 aliphatic carbocycles. The molecule has 3 aromatic rings. The maximum absolute atomic E-state index is 6.10. The van der Waals surface area contributed by atoms with Gasteiger partial charge in [0.1, 0.15) is 11.6 Å². The van der Waals surface area contributed by atoms with Gasteiger partial charge in [-0.2, -0.15) is 15.1 Å². The summed E-state index contributed by atoms with van der Waals surface area (Å²) in [7, 11) is 3.92. The molecule has 0 aromatic carbocycles. The summed E-state index contributed by atoms with van der Waals surface area (Å²) in [6.45, 7) is 1.88. The van der Waals surface area contributed by atoms with Crippen molar-refractivity contribution in [1.29, 1.82) is 0 Å². The summed E-state index contributed by atoms with van der Waals surface area (Å²) in [6, 6.07) is 0. The third kappa shape index (κ3) is 2.57. The Morgan fingerprint density at radius 1 is 1.29 bits per heavy atom. The first-order valence-corrected chi connectivity index (χ1v) is 8.28. The molecule has 0 bridgehead atoms. The van der Waals surface area contributed by atoms with Gasteiger partial charge in [0.15, 0.2) is 5.65 Å². The largest absolute Gasteiger partial charge is 0.383 e. The number of nitrogen functional groups attached to an aromatic ring is 1. The number of imidazole rings is 1. The van der Waals surface area contributed by atoms with E-state index in [0.29, 0.717) is 17.7 Å². The van der Waals surface area contributed by atoms with Crippen LogP contribution in [0.2, 0.25) is 0 Å². The zero-order valence-electron chi connectivity index (χ0n) is 14.1. The van der Waals surface area contributed by atoms with E-state index in [-0.39, 0.29) is 0 Å². The van der Waals surface area contributed by atoms with E-state index in [9.17, 15) is 0 Å². The molecule has 4 rings (SSSR count). The monoisotopic (exact) mass is 326 g/mol. The lowest BCUT2D eigenvalue weighted by Crippen LogP contribution is -2.37. The summed E-state index contributed by atoms with van der Waals surface area (Å²) >= 11 is 0. The van der Waals surface area contributed by atoms with Crippen molar-refractivity contribution in [1.82, 2.24) is 29.3 Å². The molecule has 0 amide bonds. The molecule has 0 saturated carbocycles. The highest BCUT2D eigenvalue weighted by molar-refractivity contribution is 5.86. The molecule has 126 valence electrons. The first kappa shape index (κ1) is 14.9. The second kappa shape index (κ2) is 5.77. The number of piperidine rings is 1. The van der Waals surface area contributed by atoms with E-state index in [2.05, 4.69) is 29.5 Å². The Balaban J connectivity index is 1.57. The molecule has 8 nitrogen and oxygen atoms in total. The highest BCUT2D eigenvalue weighted by Gasteiger charge is 2.24. The second-order valence-electron chi connectivity index (χ2n) is 6.53. The highest BCUT2D eigenvalue weighted by Crippen LogP contribution is 2.26. The molecule has 8 heteroatoms. The van der Waals surface area contributed by atoms with Gasteiger partial charge in [-0.25, -0.2) is 4.98 Å². The molecule has 24 heavy (non-hydrogen) atoms. The summed E-state index contributed by atoms with van der Waals surface area (Å²) in [5.74, 6) is 2.87. The Labute approximate surface area is 140 Å². The standard InChI is InChI=1S/C16H22N8/c1-22-7-5-18-13(22)8-11-4-3-6-24(10-11)16-20-14(17)12-9-19-23(2)15(12)21-16/h5,7,9,11H,3-4,6,8,10H2,1-2H3,(H2,17,20,21). The summed E-state index contributed by atoms with van der Waals surface area (Å²) in [5.41, 5.74) is 6.88. The number of rotatable bonds is 3. The van der Waals surface area contributed by atoms with Crippen LogP contribution in [0.1, 0.15) is 18.7 Å². The quantitative estimate of drug-likeness (QED) is 0.776. The first-order valence-electron chi connectivity index (χ1n) is 8.28. The molecule has 3 aromatic heterocycles. The van der Waals surface area contributed by atoms with Crippen LogP contribution < -0.4 is 10.6 Å². The Bertz CT molecular complexity index is 864. The van der Waals surface area contributed by atoms with Crippen molar-refractivity contribution in [2.45, 2.75) is 19.3 Å². The maximum Gasteiger partial charge on any atom is 0.229 e. The van der Waals surface area contributed by atoms with Crippen molar-refractivity contribution in [2.75, 3.05) is 23.7 Å². The highest BCUT2D eigenvalue weighted by atomic mass is 15.3. The summed E-state index contributed by atoms with van der Waals surface area (Å²) < 4.78 is 3.83. The zero-order chi connectivity index (χ0) is 16.7. The van der Waals surface area contributed by atoms with E-state index >= 15 is 0 Å². The van der Waals surface area contributed by atoms with Crippen molar-refractivity contribution in [2.24, 2.45) is 20.0 Å². The molecule has 1 unspecified atom stereocenters. The van der Waals surface area contributed by atoms with Gasteiger partial charge in [-0.05, 0) is 18.8 Å². The topological polar surface area (TPSA) is 90.7 Å². The maximum atomic E-state index is 6.10. The van der Waals surface area contributed by atoms with Crippen LogP contribution in [0.4, 0.5) is 11.8 Å². The lowest BCUT2D eigenvalue weighted by atomic mass is 9.94. The summed E-state index contributed by atoms with van der Waals surface area (Å²) in [5, 5.41) is 5.03. The number of nitrogens with two attached hydrogens (primary N) is 1. The van der Waals surface area contributed by atoms with Crippen molar-refractivity contribution in [3.05, 3.63) is 24.4 Å². The van der Waals surface area contributed by atoms with Crippen LogP contribution in [0.3, 0.4) is 0 Å². The lowest BCUT2D eigenvalue weighted by molar-refractivity contribution is 0.399. The number of nitrogens with zero attached hydrogens (tertiary/aromatic N) is 7. The van der Waals surface area contributed by atoms with Gasteiger partial charge in [0.25, 0.3) is 0 Å². The number of hydrogen-bond donors (Lipinski definition) is 1. The molecule has 1 atom stereocenters. The van der Waals surface area contributed by atoms with E-state index in [4.69, 9.17) is 5.73 Å². The number of aryl methyl sites for hydroxylation is 2. The number of anilines is 2. The average molecular weight is 326 g/mol. The van der Waals surface area contributed by atoms with E-state index in [1.165, 1.54) is 6.42 Å². The minimum Gasteiger partial charge on any atom is -0.383 e. The van der Waals surface area contributed by atoms with Gasteiger partial charge < -0.3 is 15.2 Å². The van der Waals surface area contributed by atoms with E-state index in [1.807, 2.05) is 26.5 Å². The van der Waals surface area contributed by atoms with Crippen LogP contribution >= 0.6 is 0 Å². The van der Waals surface area contributed by atoms with E-state index < -0.39 is 0 Å². The van der Waals surface area contributed by atoms with Crippen LogP contribution in [-0.4, -0.2) is 42.4 Å². The van der Waals surface area contributed by atoms with Gasteiger partial charge in [-0.1, -0.05) is 0 Å². The number of hydrogen-bond acceptors (Lipinski definition) is 6. The van der Waals surface area contributed by atoms with Crippen molar-refractivity contribution >= 4 is 22.8 Å². The van der Waals surface area contributed by atoms with Gasteiger partial charge in [0.05, 0.1) is 11.6 Å². The molecule has 2 N–H and O–H groups in total. The molecule has 1 saturated heterocycles. The second-order valence-corrected chi connectivity index (χ2v) is 6.53. The fourth-order valence-corrected chi connectivity index (χ4v) is 3.44.